The Bertz CT molecular complexity index is 1040. The maximum absolute atomic E-state index is 12.4. The normalized spacial score (nSPS) is 10.7. The smallest absolute Gasteiger partial charge is 0.341 e. The summed E-state index contributed by atoms with van der Waals surface area (Å²) in [6, 6.07) is 7.42. The maximum Gasteiger partial charge on any atom is 0.341 e. The zero-order valence-electron chi connectivity index (χ0n) is 17.1. The highest BCUT2D eigenvalue weighted by Gasteiger charge is 2.22. The van der Waals surface area contributed by atoms with Crippen molar-refractivity contribution < 1.29 is 19.1 Å². The van der Waals surface area contributed by atoms with Gasteiger partial charge in [-0.1, -0.05) is 11.8 Å². The molecule has 10 heteroatoms. The predicted octanol–water partition coefficient (Wildman–Crippen LogP) is 4.07. The summed E-state index contributed by atoms with van der Waals surface area (Å²) in [5.74, 6) is 0.793. The number of carbonyl (C=O) groups excluding carboxylic acids is 2. The number of thioether (sulfide) groups is 1. The zero-order valence-corrected chi connectivity index (χ0v) is 18.7. The molecule has 2 aromatic heterocycles. The quantitative estimate of drug-likeness (QED) is 0.397. The number of aromatic nitrogens is 3. The molecule has 0 saturated carbocycles. The van der Waals surface area contributed by atoms with E-state index in [0.29, 0.717) is 21.5 Å². The molecule has 30 heavy (non-hydrogen) atoms. The highest BCUT2D eigenvalue weighted by molar-refractivity contribution is 7.99. The van der Waals surface area contributed by atoms with Crippen molar-refractivity contribution in [1.82, 2.24) is 15.2 Å². The minimum absolute atomic E-state index is 0.109. The number of ether oxygens (including phenoxy) is 2. The average molecular weight is 447 g/mol. The van der Waals surface area contributed by atoms with Crippen LogP contribution in [0.5, 0.6) is 5.75 Å². The minimum Gasteiger partial charge on any atom is -0.497 e. The largest absolute Gasteiger partial charge is 0.497 e. The molecule has 0 spiro atoms. The van der Waals surface area contributed by atoms with Gasteiger partial charge in [0.25, 0.3) is 0 Å². The van der Waals surface area contributed by atoms with Gasteiger partial charge in [-0.05, 0) is 50.6 Å². The number of rotatable bonds is 8. The molecule has 8 nitrogen and oxygen atoms in total. The number of nitrogens with one attached hydrogen (secondary N) is 2. The summed E-state index contributed by atoms with van der Waals surface area (Å²) in [7, 11) is 1.61. The van der Waals surface area contributed by atoms with Crippen LogP contribution in [-0.2, 0) is 9.53 Å². The molecule has 3 aromatic rings. The minimum atomic E-state index is -0.430. The van der Waals surface area contributed by atoms with E-state index in [-0.39, 0.29) is 18.3 Å². The molecule has 2 N–H and O–H groups in total. The van der Waals surface area contributed by atoms with E-state index in [0.717, 1.165) is 21.8 Å². The number of esters is 1. The van der Waals surface area contributed by atoms with Crippen LogP contribution in [-0.4, -0.2) is 46.5 Å². The van der Waals surface area contributed by atoms with E-state index in [2.05, 4.69) is 20.5 Å². The molecule has 0 aliphatic heterocycles. The van der Waals surface area contributed by atoms with Crippen LogP contribution < -0.4 is 10.1 Å². The van der Waals surface area contributed by atoms with Gasteiger partial charge in [-0.25, -0.2) is 9.78 Å². The first kappa shape index (κ1) is 21.8. The van der Waals surface area contributed by atoms with Crippen molar-refractivity contribution in [3.05, 3.63) is 40.3 Å². The zero-order chi connectivity index (χ0) is 21.7. The molecule has 158 valence electrons. The lowest BCUT2D eigenvalue weighted by Gasteiger charge is -2.06. The Morgan fingerprint density at radius 2 is 1.97 bits per heavy atom. The summed E-state index contributed by atoms with van der Waals surface area (Å²) in [5, 5.41) is 10.8. The summed E-state index contributed by atoms with van der Waals surface area (Å²) in [6.07, 6.45) is 0. The predicted molar refractivity (Wildman–Crippen MR) is 117 cm³/mol. The van der Waals surface area contributed by atoms with Crippen LogP contribution in [0.1, 0.15) is 27.7 Å². The summed E-state index contributed by atoms with van der Waals surface area (Å²) < 4.78 is 10.3. The first-order valence-corrected chi connectivity index (χ1v) is 11.0. The third-order valence-electron chi connectivity index (χ3n) is 4.28. The number of anilines is 1. The number of H-pyrrole nitrogens is 1. The van der Waals surface area contributed by atoms with E-state index in [1.54, 1.807) is 14.0 Å². The number of aryl methyl sites for hydroxylation is 1. The first-order chi connectivity index (χ1) is 14.4. The molecule has 1 amide bonds. The molecular formula is C20H22N4O4S2. The second kappa shape index (κ2) is 9.77. The van der Waals surface area contributed by atoms with Gasteiger partial charge in [0.05, 0.1) is 25.0 Å². The number of amides is 1. The lowest BCUT2D eigenvalue weighted by Crippen LogP contribution is -2.16. The van der Waals surface area contributed by atoms with Crippen molar-refractivity contribution in [2.75, 3.05) is 24.8 Å². The molecule has 0 atom stereocenters. The first-order valence-electron chi connectivity index (χ1n) is 9.19. The van der Waals surface area contributed by atoms with Crippen LogP contribution in [0, 0.1) is 13.8 Å². The van der Waals surface area contributed by atoms with Gasteiger partial charge in [0.1, 0.15) is 10.8 Å². The Morgan fingerprint density at radius 3 is 2.63 bits per heavy atom. The Hall–Kier alpha value is -2.85. The summed E-state index contributed by atoms with van der Waals surface area (Å²) in [4.78, 5) is 30.0. The Kier molecular flexibility index (Phi) is 7.11. The van der Waals surface area contributed by atoms with Crippen LogP contribution in [0.4, 0.5) is 5.00 Å². The number of aromatic amines is 1. The highest BCUT2D eigenvalue weighted by Crippen LogP contribution is 2.33. The molecule has 0 aliphatic rings. The van der Waals surface area contributed by atoms with Crippen molar-refractivity contribution in [2.45, 2.75) is 25.9 Å². The molecule has 0 saturated heterocycles. The number of carbonyl (C=O) groups is 2. The fraction of sp³-hybridized carbons (Fsp3) is 0.300. The Morgan fingerprint density at radius 1 is 1.23 bits per heavy atom. The second-order valence-corrected chi connectivity index (χ2v) is 8.41. The molecule has 0 bridgehead atoms. The number of thiophene rings is 1. The lowest BCUT2D eigenvalue weighted by molar-refractivity contribution is -0.113. The van der Waals surface area contributed by atoms with Crippen molar-refractivity contribution in [3.63, 3.8) is 0 Å². The van der Waals surface area contributed by atoms with E-state index >= 15 is 0 Å². The van der Waals surface area contributed by atoms with Gasteiger partial charge in [0, 0.05) is 10.4 Å². The van der Waals surface area contributed by atoms with Crippen LogP contribution >= 0.6 is 23.1 Å². The Labute approximate surface area is 182 Å². The SMILES string of the molecule is CCOC(=O)c1c(NC(=O)CSc2n[nH]c(-c3ccc(OC)cc3)n2)sc(C)c1C. The van der Waals surface area contributed by atoms with Crippen LogP contribution in [0.15, 0.2) is 29.4 Å². The van der Waals surface area contributed by atoms with Gasteiger partial charge in [-0.2, -0.15) is 0 Å². The standard InChI is InChI=1S/C20H22N4O4S2/c1-5-28-19(26)16-11(2)12(3)30-18(16)21-15(25)10-29-20-22-17(23-24-20)13-6-8-14(27-4)9-7-13/h6-9H,5,10H2,1-4H3,(H,21,25)(H,22,23,24). The van der Waals surface area contributed by atoms with Crippen LogP contribution in [0.3, 0.4) is 0 Å². The molecule has 1 aromatic carbocycles. The van der Waals surface area contributed by atoms with Crippen molar-refractivity contribution in [1.29, 1.82) is 0 Å². The van der Waals surface area contributed by atoms with Gasteiger partial charge in [0.15, 0.2) is 5.82 Å². The van der Waals surface area contributed by atoms with Crippen molar-refractivity contribution >= 4 is 40.0 Å². The molecule has 0 aliphatic carbocycles. The molecule has 0 fully saturated rings. The molecule has 3 rings (SSSR count). The van der Waals surface area contributed by atoms with E-state index in [4.69, 9.17) is 9.47 Å². The van der Waals surface area contributed by atoms with Gasteiger partial charge in [0.2, 0.25) is 11.1 Å². The maximum atomic E-state index is 12.4. The van der Waals surface area contributed by atoms with E-state index in [9.17, 15) is 9.59 Å². The summed E-state index contributed by atoms with van der Waals surface area (Å²) >= 11 is 2.56. The number of hydrogen-bond acceptors (Lipinski definition) is 8. The topological polar surface area (TPSA) is 106 Å². The van der Waals surface area contributed by atoms with Crippen LogP contribution in [0.25, 0.3) is 11.4 Å². The van der Waals surface area contributed by atoms with E-state index < -0.39 is 5.97 Å². The number of benzene rings is 1. The molecule has 0 unspecified atom stereocenters. The second-order valence-electron chi connectivity index (χ2n) is 6.24. The monoisotopic (exact) mass is 446 g/mol. The van der Waals surface area contributed by atoms with Crippen LogP contribution in [0.2, 0.25) is 0 Å². The number of methoxy groups -OCH3 is 1. The fourth-order valence-corrected chi connectivity index (χ4v) is 4.31. The van der Waals surface area contributed by atoms with Gasteiger partial charge in [-0.3, -0.25) is 9.89 Å². The van der Waals surface area contributed by atoms with Crippen molar-refractivity contribution in [3.8, 4) is 17.1 Å². The molecule has 0 radical (unpaired) electrons. The lowest BCUT2D eigenvalue weighted by atomic mass is 10.1. The summed E-state index contributed by atoms with van der Waals surface area (Å²) in [5.41, 5.74) is 2.10. The fourth-order valence-electron chi connectivity index (χ4n) is 2.65. The number of nitrogens with zero attached hydrogens (tertiary/aromatic N) is 2. The number of hydrogen-bond donors (Lipinski definition) is 2. The Balaban J connectivity index is 1.62. The summed E-state index contributed by atoms with van der Waals surface area (Å²) in [6.45, 7) is 5.77. The third kappa shape index (κ3) is 5.00. The molecule has 2 heterocycles. The van der Waals surface area contributed by atoms with Gasteiger partial charge in [-0.15, -0.1) is 16.4 Å². The highest BCUT2D eigenvalue weighted by atomic mass is 32.2. The van der Waals surface area contributed by atoms with Gasteiger partial charge < -0.3 is 14.8 Å². The third-order valence-corrected chi connectivity index (χ3v) is 6.25. The van der Waals surface area contributed by atoms with E-state index in [1.165, 1.54) is 23.1 Å². The van der Waals surface area contributed by atoms with Gasteiger partial charge >= 0.3 is 5.97 Å². The average Bonchev–Trinajstić information content (AvgIpc) is 3.31. The molecular weight excluding hydrogens is 424 g/mol. The van der Waals surface area contributed by atoms with Crippen molar-refractivity contribution in [2.24, 2.45) is 0 Å². The van der Waals surface area contributed by atoms with E-state index in [1.807, 2.05) is 38.1 Å².